The number of nitrogens with one attached hydrogen (secondary N) is 1. The van der Waals surface area contributed by atoms with Crippen LogP contribution in [0.2, 0.25) is 0 Å². The first-order valence-electron chi connectivity index (χ1n) is 5.92. The average molecular weight is 397 g/mol. The van der Waals surface area contributed by atoms with E-state index in [9.17, 15) is 0 Å². The molecule has 0 radical (unpaired) electrons. The molecule has 18 heavy (non-hydrogen) atoms. The van der Waals surface area contributed by atoms with E-state index in [0.717, 1.165) is 27.8 Å². The lowest BCUT2D eigenvalue weighted by Crippen LogP contribution is -2.22. The minimum absolute atomic E-state index is 0.621. The molecule has 0 spiro atoms. The van der Waals surface area contributed by atoms with Gasteiger partial charge in [-0.3, -0.25) is 0 Å². The highest BCUT2D eigenvalue weighted by molar-refractivity contribution is 9.11. The molecule has 5 heteroatoms. The first-order valence-corrected chi connectivity index (χ1v) is 8.80. The summed E-state index contributed by atoms with van der Waals surface area (Å²) >= 11 is 8.93. The summed E-state index contributed by atoms with van der Waals surface area (Å²) in [6.45, 7) is 6.71. The Morgan fingerprint density at radius 2 is 2.11 bits per heavy atom. The molecule has 1 atom stereocenters. The van der Waals surface area contributed by atoms with Gasteiger partial charge in [0.1, 0.15) is 5.75 Å². The Morgan fingerprint density at radius 1 is 1.39 bits per heavy atom. The van der Waals surface area contributed by atoms with Crippen molar-refractivity contribution in [1.82, 2.24) is 5.32 Å². The van der Waals surface area contributed by atoms with Gasteiger partial charge >= 0.3 is 0 Å². The second kappa shape index (κ2) is 8.46. The maximum Gasteiger partial charge on any atom is 0.138 e. The summed E-state index contributed by atoms with van der Waals surface area (Å²) < 4.78 is 7.75. The molecule has 0 aromatic heterocycles. The highest BCUT2D eigenvalue weighted by Gasteiger charge is 2.10. The second-order valence-electron chi connectivity index (χ2n) is 3.99. The van der Waals surface area contributed by atoms with E-state index < -0.39 is 0 Å². The zero-order chi connectivity index (χ0) is 13.5. The fourth-order valence-corrected chi connectivity index (χ4v) is 3.26. The molecule has 0 heterocycles. The van der Waals surface area contributed by atoms with Gasteiger partial charge in [0.25, 0.3) is 0 Å². The van der Waals surface area contributed by atoms with Crippen LogP contribution in [0, 0.1) is 0 Å². The van der Waals surface area contributed by atoms with Crippen LogP contribution in [0.4, 0.5) is 0 Å². The number of ether oxygens (including phenoxy) is 1. The number of halogens is 2. The van der Waals surface area contributed by atoms with Crippen molar-refractivity contribution in [1.29, 1.82) is 0 Å². The molecule has 0 saturated heterocycles. The van der Waals surface area contributed by atoms with Crippen LogP contribution in [0.5, 0.6) is 5.75 Å². The smallest absolute Gasteiger partial charge is 0.138 e. The van der Waals surface area contributed by atoms with Crippen molar-refractivity contribution in [2.24, 2.45) is 0 Å². The molecule has 1 unspecified atom stereocenters. The molecule has 1 aromatic rings. The van der Waals surface area contributed by atoms with Gasteiger partial charge in [0, 0.05) is 28.4 Å². The van der Waals surface area contributed by atoms with Crippen LogP contribution in [0.3, 0.4) is 0 Å². The highest BCUT2D eigenvalue weighted by atomic mass is 79.9. The van der Waals surface area contributed by atoms with Gasteiger partial charge in [0.05, 0.1) is 11.1 Å². The van der Waals surface area contributed by atoms with E-state index in [1.165, 1.54) is 5.56 Å². The van der Waals surface area contributed by atoms with Crippen molar-refractivity contribution in [3.8, 4) is 5.75 Å². The third-order valence-electron chi connectivity index (χ3n) is 2.52. The second-order valence-corrected chi connectivity index (χ2v) is 7.03. The maximum atomic E-state index is 5.69. The summed E-state index contributed by atoms with van der Waals surface area (Å²) in [4.78, 5) is 0. The van der Waals surface area contributed by atoms with Gasteiger partial charge in [-0.05, 0) is 41.2 Å². The summed E-state index contributed by atoms with van der Waals surface area (Å²) in [5.74, 6) is 0.935. The quantitative estimate of drug-likeness (QED) is 0.735. The van der Waals surface area contributed by atoms with Gasteiger partial charge in [-0.2, -0.15) is 11.8 Å². The van der Waals surface area contributed by atoms with E-state index in [1.807, 2.05) is 24.8 Å². The number of hydrogen-bond donors (Lipinski definition) is 1. The van der Waals surface area contributed by atoms with E-state index in [1.54, 1.807) is 0 Å². The lowest BCUT2D eigenvalue weighted by atomic mass is 10.2. The topological polar surface area (TPSA) is 21.3 Å². The van der Waals surface area contributed by atoms with Crippen molar-refractivity contribution < 1.29 is 4.74 Å². The summed E-state index contributed by atoms with van der Waals surface area (Å²) in [5.41, 5.74) is 1.17. The fourth-order valence-electron chi connectivity index (χ4n) is 1.54. The minimum atomic E-state index is 0.621. The molecular formula is C13H19Br2NOS. The normalized spacial score (nSPS) is 12.5. The maximum absolute atomic E-state index is 5.69. The summed E-state index contributed by atoms with van der Waals surface area (Å²) in [7, 11) is 0. The van der Waals surface area contributed by atoms with E-state index in [4.69, 9.17) is 4.74 Å². The number of thioether (sulfide) groups is 1. The van der Waals surface area contributed by atoms with Crippen molar-refractivity contribution in [2.75, 3.05) is 19.4 Å². The van der Waals surface area contributed by atoms with Crippen molar-refractivity contribution in [2.45, 2.75) is 25.6 Å². The van der Waals surface area contributed by atoms with Crippen LogP contribution < -0.4 is 10.1 Å². The number of rotatable bonds is 7. The molecule has 1 aromatic carbocycles. The Hall–Kier alpha value is 0.290. The van der Waals surface area contributed by atoms with Gasteiger partial charge in [0.2, 0.25) is 0 Å². The molecule has 1 N–H and O–H groups in total. The predicted molar refractivity (Wildman–Crippen MR) is 87.7 cm³/mol. The minimum Gasteiger partial charge on any atom is -0.492 e. The van der Waals surface area contributed by atoms with Crippen LogP contribution in [0.1, 0.15) is 19.4 Å². The largest absolute Gasteiger partial charge is 0.492 e. The fraction of sp³-hybridized carbons (Fsp3) is 0.538. The lowest BCUT2D eigenvalue weighted by Gasteiger charge is -2.15. The van der Waals surface area contributed by atoms with E-state index in [0.29, 0.717) is 11.9 Å². The first kappa shape index (κ1) is 16.3. The Bertz CT molecular complexity index is 387. The van der Waals surface area contributed by atoms with Gasteiger partial charge < -0.3 is 10.1 Å². The van der Waals surface area contributed by atoms with E-state index in [2.05, 4.69) is 56.4 Å². The molecule has 0 fully saturated rings. The van der Waals surface area contributed by atoms with Crippen molar-refractivity contribution >= 4 is 43.6 Å². The first-order chi connectivity index (χ1) is 8.58. The zero-order valence-electron chi connectivity index (χ0n) is 10.9. The third-order valence-corrected chi connectivity index (χ3v) is 4.54. The summed E-state index contributed by atoms with van der Waals surface area (Å²) in [6, 6.07) is 4.12. The Balaban J connectivity index is 2.73. The monoisotopic (exact) mass is 395 g/mol. The molecular weight excluding hydrogens is 378 g/mol. The molecule has 0 aliphatic carbocycles. The van der Waals surface area contributed by atoms with Crippen LogP contribution in [-0.4, -0.2) is 24.7 Å². The van der Waals surface area contributed by atoms with Gasteiger partial charge in [-0.1, -0.05) is 22.9 Å². The number of benzene rings is 1. The third kappa shape index (κ3) is 5.11. The Morgan fingerprint density at radius 3 is 2.72 bits per heavy atom. The van der Waals surface area contributed by atoms with Crippen LogP contribution in [0.15, 0.2) is 21.1 Å². The average Bonchev–Trinajstić information content (AvgIpc) is 2.33. The van der Waals surface area contributed by atoms with Gasteiger partial charge in [-0.25, -0.2) is 0 Å². The molecule has 0 bridgehead atoms. The molecule has 0 saturated carbocycles. The molecule has 0 aliphatic rings. The van der Waals surface area contributed by atoms with Crippen LogP contribution >= 0.6 is 43.6 Å². The van der Waals surface area contributed by atoms with Crippen molar-refractivity contribution in [3.63, 3.8) is 0 Å². The standard InChI is InChI=1S/C13H19Br2NOS/c1-4-17-13-10(5-11(14)6-12(13)15)8-16-7-9(2)18-3/h5-6,9,16H,4,7-8H2,1-3H3. The molecule has 0 amide bonds. The van der Waals surface area contributed by atoms with Crippen LogP contribution in [0.25, 0.3) is 0 Å². The van der Waals surface area contributed by atoms with Crippen LogP contribution in [-0.2, 0) is 6.54 Å². The lowest BCUT2D eigenvalue weighted by molar-refractivity contribution is 0.333. The van der Waals surface area contributed by atoms with Crippen molar-refractivity contribution in [3.05, 3.63) is 26.6 Å². The highest BCUT2D eigenvalue weighted by Crippen LogP contribution is 2.32. The SMILES string of the molecule is CCOc1c(Br)cc(Br)cc1CNCC(C)SC. The number of hydrogen-bond acceptors (Lipinski definition) is 3. The summed E-state index contributed by atoms with van der Waals surface area (Å²) in [6.07, 6.45) is 2.13. The Kier molecular flexibility index (Phi) is 7.68. The van der Waals surface area contributed by atoms with Gasteiger partial charge in [-0.15, -0.1) is 0 Å². The molecule has 102 valence electrons. The zero-order valence-corrected chi connectivity index (χ0v) is 14.9. The van der Waals surface area contributed by atoms with E-state index >= 15 is 0 Å². The predicted octanol–water partition coefficient (Wildman–Crippen LogP) is 4.45. The van der Waals surface area contributed by atoms with Gasteiger partial charge in [0.15, 0.2) is 0 Å². The molecule has 1 rings (SSSR count). The van der Waals surface area contributed by atoms with E-state index in [-0.39, 0.29) is 0 Å². The molecule has 0 aliphatic heterocycles. The Labute approximate surface area is 131 Å². The molecule has 2 nitrogen and oxygen atoms in total. The summed E-state index contributed by atoms with van der Waals surface area (Å²) in [5, 5.41) is 4.08.